The zero-order chi connectivity index (χ0) is 56.3. The second-order valence-corrected chi connectivity index (χ2v) is 30.8. The van der Waals surface area contributed by atoms with Crippen molar-refractivity contribution in [3.63, 3.8) is 0 Å². The zero-order valence-corrected chi connectivity index (χ0v) is 51.8. The van der Waals surface area contributed by atoms with Crippen molar-refractivity contribution in [2.24, 2.45) is 23.7 Å². The molecule has 0 bridgehead atoms. The summed E-state index contributed by atoms with van der Waals surface area (Å²) in [5.74, 6) is 11.2. The van der Waals surface area contributed by atoms with Crippen LogP contribution in [0.5, 0.6) is 11.5 Å². The van der Waals surface area contributed by atoms with Crippen LogP contribution in [0.15, 0.2) is 91.3 Å². The Bertz CT molecular complexity index is 2840. The number of carbonyl (C=O) groups excluding carboxylic acids is 2. The predicted molar refractivity (Wildman–Crippen MR) is 330 cm³/mol. The predicted octanol–water partition coefficient (Wildman–Crippen LogP) is 14.9. The number of amides is 2. The number of methoxy groups -OCH3 is 2. The normalized spacial score (nSPS) is 23.5. The van der Waals surface area contributed by atoms with E-state index in [2.05, 4.69) is 163 Å². The molecule has 2 N–H and O–H groups in total. The van der Waals surface area contributed by atoms with Gasteiger partial charge in [0.15, 0.2) is 8.32 Å². The second kappa shape index (κ2) is 27.6. The fourth-order valence-corrected chi connectivity index (χ4v) is 14.4. The summed E-state index contributed by atoms with van der Waals surface area (Å²) in [5, 5.41) is 16.8. The Morgan fingerprint density at radius 1 is 0.658 bits per heavy atom. The van der Waals surface area contributed by atoms with Crippen molar-refractivity contribution in [2.75, 3.05) is 37.1 Å². The lowest BCUT2D eigenvalue weighted by atomic mass is 9.78. The first-order valence-electron chi connectivity index (χ1n) is 29.4. The van der Waals surface area contributed by atoms with E-state index in [-0.39, 0.29) is 28.9 Å². The third-order valence-electron chi connectivity index (χ3n) is 18.2. The van der Waals surface area contributed by atoms with Crippen molar-refractivity contribution in [1.82, 2.24) is 15.2 Å². The number of nitrogens with one attached hydrogen (secondary N) is 1. The third kappa shape index (κ3) is 16.1. The smallest absolute Gasteiger partial charge is 0.230 e. The van der Waals surface area contributed by atoms with E-state index in [4.69, 9.17) is 13.9 Å². The molecule has 1 aromatic heterocycles. The van der Waals surface area contributed by atoms with Gasteiger partial charge < -0.3 is 28.8 Å². The highest BCUT2D eigenvalue weighted by Gasteiger charge is 2.41. The molecule has 2 amide bonds. The Morgan fingerprint density at radius 3 is 1.61 bits per heavy atom. The van der Waals surface area contributed by atoms with Gasteiger partial charge in [-0.15, -0.1) is 0 Å². The number of aromatic nitrogens is 3. The summed E-state index contributed by atoms with van der Waals surface area (Å²) in [5.41, 5.74) is 7.99. The van der Waals surface area contributed by atoms with Gasteiger partial charge in [0.25, 0.3) is 0 Å². The van der Waals surface area contributed by atoms with Crippen LogP contribution in [0.2, 0.25) is 18.1 Å². The second-order valence-electron chi connectivity index (χ2n) is 24.8. The molecule has 4 aromatic carbocycles. The summed E-state index contributed by atoms with van der Waals surface area (Å²) in [7, 11) is 1.66. The molecule has 4 aliphatic carbocycles. The fraction of sp³-hybridized carbons (Fsp3) is 0.545. The molecule has 4 saturated carbocycles. The third-order valence-corrected chi connectivity index (χ3v) is 23.4. The number of H-pyrrole nitrogens is 1. The highest BCUT2D eigenvalue weighted by Crippen LogP contribution is 2.43. The number of benzene rings is 4. The molecule has 0 saturated heterocycles. The van der Waals surface area contributed by atoms with Crippen molar-refractivity contribution in [2.45, 2.75) is 180 Å². The summed E-state index contributed by atoms with van der Waals surface area (Å²) in [6, 6.07) is 29.6. The van der Waals surface area contributed by atoms with Gasteiger partial charge in [0.2, 0.25) is 17.6 Å². The molecule has 424 valence electrons. The molecule has 4 aliphatic rings. The maximum atomic E-state index is 14.1. The fourth-order valence-electron chi connectivity index (χ4n) is 12.4. The van der Waals surface area contributed by atoms with Gasteiger partial charge in [-0.3, -0.25) is 14.7 Å². The summed E-state index contributed by atoms with van der Waals surface area (Å²) >= 11 is 2.37. The van der Waals surface area contributed by atoms with Crippen molar-refractivity contribution < 1.29 is 28.6 Å². The minimum Gasteiger partial charge on any atom is -0.496 e. The minimum atomic E-state index is -1.79. The Balaban J connectivity index is 0.000000208. The molecule has 0 radical (unpaired) electrons. The van der Waals surface area contributed by atoms with Crippen molar-refractivity contribution >= 4 is 54.1 Å². The highest BCUT2D eigenvalue weighted by molar-refractivity contribution is 14.1. The number of ether oxygens (including phenoxy) is 2. The van der Waals surface area contributed by atoms with Crippen molar-refractivity contribution in [3.8, 4) is 23.3 Å². The van der Waals surface area contributed by atoms with E-state index in [1.165, 1.54) is 45.0 Å². The van der Waals surface area contributed by atoms with Crippen LogP contribution in [-0.2, 0) is 14.0 Å². The monoisotopic (exact) mass is 1200 g/mol. The molecule has 79 heavy (non-hydrogen) atoms. The first kappa shape index (κ1) is 60.1. The number of rotatable bonds is 14. The quantitative estimate of drug-likeness (QED) is 0.0639. The Labute approximate surface area is 487 Å². The molecule has 13 heteroatoms. The summed E-state index contributed by atoms with van der Waals surface area (Å²) in [6.07, 6.45) is 17.3. The van der Waals surface area contributed by atoms with Crippen molar-refractivity contribution in [3.05, 3.63) is 128 Å². The Kier molecular flexibility index (Phi) is 21.0. The van der Waals surface area contributed by atoms with Gasteiger partial charge in [0, 0.05) is 51.5 Å². The van der Waals surface area contributed by atoms with Crippen molar-refractivity contribution in [1.29, 1.82) is 0 Å². The number of anilines is 2. The molecule has 0 aliphatic heterocycles. The summed E-state index contributed by atoms with van der Waals surface area (Å²) < 4.78 is 18.8. The number of nitrogens with zero attached hydrogens (tertiary/aromatic N) is 4. The molecule has 9 rings (SSSR count). The number of hydrogen-bond donors (Lipinski definition) is 2. The summed E-state index contributed by atoms with van der Waals surface area (Å²) in [4.78, 5) is 36.2. The minimum absolute atomic E-state index is 0.0454. The number of aryl methyl sites for hydroxylation is 2. The molecule has 0 spiro atoms. The van der Waals surface area contributed by atoms with Crippen LogP contribution in [-0.4, -0.2) is 79.9 Å². The van der Waals surface area contributed by atoms with Crippen LogP contribution in [0.25, 0.3) is 0 Å². The molecule has 11 nitrogen and oxygen atoms in total. The van der Waals surface area contributed by atoms with Crippen LogP contribution in [0.4, 0.5) is 11.4 Å². The lowest BCUT2D eigenvalue weighted by Gasteiger charge is -2.41. The van der Waals surface area contributed by atoms with Gasteiger partial charge in [-0.25, -0.2) is 4.98 Å². The van der Waals surface area contributed by atoms with Gasteiger partial charge in [-0.1, -0.05) is 63.1 Å². The standard InChI is InChI=1S/C34H50INO3Si.C32H38N4O3/c1-24-21-28(17-20-32(24)38-5)26-13-11-25(12-14-26)23-36(30-10-8-9-29(35)22-30)33(37)27-15-18-31(19-16-27)39-40(6,7)34(2,3)4;1-22-18-27(13-16-30(22)39-2)25-9-6-24(7-10-25)20-36(32(38)26-11-14-29(37)15-12-26)28-5-3-4-23(19-28)8-17-31-33-21-34-35-31/h8-10,17,20-22,25-27,31H,11-16,18-19,23H2,1-7H3;3-5,13,16,18-19,21,24-26,29,37H,6-7,9-12,14-15,20H2,1-2H3,(H,33,34,35). The van der Waals surface area contributed by atoms with Crippen LogP contribution in [0, 0.1) is 52.9 Å². The SMILES string of the molecule is COc1ccc(C2CCC(CN(C(=O)C3CCC(O)CC3)c3cccc(C#Cc4ncn[nH]4)c3)CC2)cc1C.COc1ccc(C2CCC(CN(C(=O)C3CCC(O[Si](C)(C)C(C)(C)C)CC3)c3cccc(I)c3)CC2)cc1C. The van der Waals surface area contributed by atoms with Gasteiger partial charge in [-0.2, -0.15) is 5.10 Å². The van der Waals surface area contributed by atoms with E-state index < -0.39 is 8.32 Å². The highest BCUT2D eigenvalue weighted by atomic mass is 127. The first-order valence-corrected chi connectivity index (χ1v) is 33.4. The summed E-state index contributed by atoms with van der Waals surface area (Å²) in [6.45, 7) is 17.4. The average molecular weight is 1200 g/mol. The van der Waals surface area contributed by atoms with Gasteiger partial charge in [0.1, 0.15) is 17.8 Å². The maximum absolute atomic E-state index is 14.1. The van der Waals surface area contributed by atoms with Gasteiger partial charge in [0.05, 0.1) is 20.3 Å². The lowest BCUT2D eigenvalue weighted by Crippen LogP contribution is -2.46. The number of hydrogen-bond acceptors (Lipinski definition) is 8. The molecule has 5 aromatic rings. The van der Waals surface area contributed by atoms with E-state index in [1.54, 1.807) is 14.2 Å². The van der Waals surface area contributed by atoms with E-state index in [0.29, 0.717) is 60.9 Å². The molecule has 1 heterocycles. The van der Waals surface area contributed by atoms with Crippen LogP contribution in [0.3, 0.4) is 0 Å². The van der Waals surface area contributed by atoms with E-state index in [0.717, 1.165) is 112 Å². The van der Waals surface area contributed by atoms with E-state index >= 15 is 0 Å². The molecular formula is C66H88IN5O6Si. The Morgan fingerprint density at radius 2 is 1.15 bits per heavy atom. The maximum Gasteiger partial charge on any atom is 0.230 e. The van der Waals surface area contributed by atoms with Crippen LogP contribution in [0.1, 0.15) is 169 Å². The topological polar surface area (TPSA) is 130 Å². The number of aromatic amines is 1. The molecule has 0 atom stereocenters. The van der Waals surface area contributed by atoms with Crippen LogP contribution >= 0.6 is 22.6 Å². The van der Waals surface area contributed by atoms with E-state index in [9.17, 15) is 14.7 Å². The number of halogens is 1. The van der Waals surface area contributed by atoms with Gasteiger partial charge >= 0.3 is 0 Å². The number of aliphatic hydroxyl groups excluding tert-OH is 1. The van der Waals surface area contributed by atoms with Gasteiger partial charge in [-0.05, 0) is 258 Å². The Hall–Kier alpha value is -5.01. The zero-order valence-electron chi connectivity index (χ0n) is 48.7. The first-order chi connectivity index (χ1) is 37.9. The number of aliphatic hydroxyl groups is 1. The molecular weight excluding hydrogens is 1110 g/mol. The largest absolute Gasteiger partial charge is 0.496 e. The lowest BCUT2D eigenvalue weighted by molar-refractivity contribution is -0.124. The number of carbonyl (C=O) groups is 2. The molecule has 4 fully saturated rings. The van der Waals surface area contributed by atoms with Crippen LogP contribution < -0.4 is 19.3 Å². The molecule has 0 unspecified atom stereocenters. The van der Waals surface area contributed by atoms with E-state index in [1.807, 2.05) is 29.2 Å². The average Bonchev–Trinajstić information content (AvgIpc) is 4.00.